The van der Waals surface area contributed by atoms with E-state index in [1.54, 1.807) is 31.2 Å². The van der Waals surface area contributed by atoms with Gasteiger partial charge in [0.1, 0.15) is 17.4 Å². The van der Waals surface area contributed by atoms with E-state index in [0.29, 0.717) is 10.6 Å². The molecule has 2 rings (SSSR count). The average Bonchev–Trinajstić information content (AvgIpc) is 2.62. The predicted molar refractivity (Wildman–Crippen MR) is 97.1 cm³/mol. The van der Waals surface area contributed by atoms with Crippen LogP contribution in [-0.4, -0.2) is 18.4 Å². The molecule has 0 aliphatic carbocycles. The summed E-state index contributed by atoms with van der Waals surface area (Å²) in [5, 5.41) is 0.462. The van der Waals surface area contributed by atoms with E-state index in [1.165, 1.54) is 24.3 Å². The van der Waals surface area contributed by atoms with Gasteiger partial charge in [0, 0.05) is 10.6 Å². The summed E-state index contributed by atoms with van der Waals surface area (Å²) in [7, 11) is 0. The van der Waals surface area contributed by atoms with Crippen molar-refractivity contribution in [3.05, 3.63) is 76.5 Å². The highest BCUT2D eigenvalue weighted by Crippen LogP contribution is 2.18. The summed E-state index contributed by atoms with van der Waals surface area (Å²) in [6.45, 7) is 1.76. The smallest absolute Gasteiger partial charge is 0.359 e. The lowest BCUT2D eigenvalue weighted by Gasteiger charge is -2.10. The highest BCUT2D eigenvalue weighted by Gasteiger charge is 2.16. The maximum Gasteiger partial charge on any atom is 0.359 e. The monoisotopic (exact) mass is 377 g/mol. The van der Waals surface area contributed by atoms with Gasteiger partial charge in [0.05, 0.1) is 6.61 Å². The van der Waals surface area contributed by atoms with E-state index in [4.69, 9.17) is 32.5 Å². The summed E-state index contributed by atoms with van der Waals surface area (Å²) in [4.78, 5) is 16.0. The van der Waals surface area contributed by atoms with Crippen molar-refractivity contribution in [3.63, 3.8) is 0 Å². The van der Waals surface area contributed by atoms with Crippen molar-refractivity contribution in [1.82, 2.24) is 0 Å². The molecule has 0 saturated heterocycles. The van der Waals surface area contributed by atoms with Gasteiger partial charge < -0.3 is 20.9 Å². The Morgan fingerprint density at radius 3 is 2.50 bits per heavy atom. The van der Waals surface area contributed by atoms with Crippen LogP contribution >= 0.6 is 11.6 Å². The molecule has 2 aromatic rings. The lowest BCUT2D eigenvalue weighted by molar-refractivity contribution is -0.138. The van der Waals surface area contributed by atoms with Crippen LogP contribution in [0, 0.1) is 5.82 Å². The third-order valence-corrected chi connectivity index (χ3v) is 3.33. The number of esters is 1. The normalized spacial score (nSPS) is 12.3. The zero-order valence-electron chi connectivity index (χ0n) is 13.9. The second-order valence-corrected chi connectivity index (χ2v) is 5.44. The minimum atomic E-state index is -0.813. The Morgan fingerprint density at radius 2 is 1.88 bits per heavy atom. The van der Waals surface area contributed by atoms with Crippen molar-refractivity contribution in [2.75, 3.05) is 6.61 Å². The summed E-state index contributed by atoms with van der Waals surface area (Å²) in [5.74, 6) is -1.28. The van der Waals surface area contributed by atoms with Crippen molar-refractivity contribution in [1.29, 1.82) is 0 Å². The van der Waals surface area contributed by atoms with Gasteiger partial charge in [-0.25, -0.2) is 9.18 Å². The standard InChI is InChI=1S/C18H17ClFN3O3/c1-2-25-18(24)15(21)17(26-14-8-6-13(20)7-9-14)23-16(22)11-4-3-5-12(19)10-11/h3-10H,2,21H2,1H3,(H2,22,23)/b17-15+. The minimum Gasteiger partial charge on any atom is -0.461 e. The predicted octanol–water partition coefficient (Wildman–Crippen LogP) is 2.95. The number of amidine groups is 1. The lowest BCUT2D eigenvalue weighted by atomic mass is 10.2. The molecule has 0 atom stereocenters. The SMILES string of the molecule is CCOC(=O)/C(N)=C(/N=C(\N)c1cccc(Cl)c1)Oc1ccc(F)cc1. The van der Waals surface area contributed by atoms with Crippen LogP contribution in [0.2, 0.25) is 5.02 Å². The molecule has 2 aromatic carbocycles. The average molecular weight is 378 g/mol. The first-order chi connectivity index (χ1) is 12.4. The van der Waals surface area contributed by atoms with Crippen LogP contribution in [0.15, 0.2) is 65.1 Å². The number of benzene rings is 2. The molecule has 0 radical (unpaired) electrons. The quantitative estimate of drug-likeness (QED) is 0.265. The van der Waals surface area contributed by atoms with Gasteiger partial charge in [-0.15, -0.1) is 0 Å². The summed E-state index contributed by atoms with van der Waals surface area (Å²) >= 11 is 5.94. The van der Waals surface area contributed by atoms with Gasteiger partial charge in [0.25, 0.3) is 5.88 Å². The van der Waals surface area contributed by atoms with E-state index in [9.17, 15) is 9.18 Å². The molecule has 0 bridgehead atoms. The molecule has 8 heteroatoms. The lowest BCUT2D eigenvalue weighted by Crippen LogP contribution is -2.21. The molecule has 0 spiro atoms. The van der Waals surface area contributed by atoms with Gasteiger partial charge in [-0.05, 0) is 43.3 Å². The van der Waals surface area contributed by atoms with Gasteiger partial charge in [0.2, 0.25) is 0 Å². The van der Waals surface area contributed by atoms with Crippen LogP contribution in [0.25, 0.3) is 0 Å². The number of ether oxygens (including phenoxy) is 2. The van der Waals surface area contributed by atoms with Gasteiger partial charge in [-0.1, -0.05) is 23.7 Å². The Kier molecular flexibility index (Phi) is 6.57. The Labute approximate surface area is 154 Å². The first-order valence-electron chi connectivity index (χ1n) is 7.61. The first-order valence-corrected chi connectivity index (χ1v) is 7.99. The fourth-order valence-corrected chi connectivity index (χ4v) is 2.06. The van der Waals surface area contributed by atoms with Crippen LogP contribution in [-0.2, 0) is 9.53 Å². The van der Waals surface area contributed by atoms with Crippen LogP contribution in [0.5, 0.6) is 5.75 Å². The summed E-state index contributed by atoms with van der Waals surface area (Å²) in [5.41, 5.74) is 11.9. The largest absolute Gasteiger partial charge is 0.461 e. The molecule has 4 N–H and O–H groups in total. The molecular weight excluding hydrogens is 361 g/mol. The fourth-order valence-electron chi connectivity index (χ4n) is 1.87. The van der Waals surface area contributed by atoms with Crippen molar-refractivity contribution in [2.24, 2.45) is 16.5 Å². The van der Waals surface area contributed by atoms with Crippen molar-refractivity contribution >= 4 is 23.4 Å². The molecule has 26 heavy (non-hydrogen) atoms. The molecule has 6 nitrogen and oxygen atoms in total. The van der Waals surface area contributed by atoms with Crippen molar-refractivity contribution < 1.29 is 18.7 Å². The molecule has 0 heterocycles. The number of nitrogens with zero attached hydrogens (tertiary/aromatic N) is 1. The molecule has 0 aliphatic heterocycles. The molecular formula is C18H17ClFN3O3. The fraction of sp³-hybridized carbons (Fsp3) is 0.111. The first kappa shape index (κ1) is 19.3. The number of hydrogen-bond acceptors (Lipinski definition) is 5. The Bertz CT molecular complexity index is 851. The van der Waals surface area contributed by atoms with E-state index in [0.717, 1.165) is 0 Å². The van der Waals surface area contributed by atoms with Crippen molar-refractivity contribution in [3.8, 4) is 5.75 Å². The number of carbonyl (C=O) groups is 1. The number of rotatable bonds is 6. The van der Waals surface area contributed by atoms with Crippen LogP contribution in [0.1, 0.15) is 12.5 Å². The second kappa shape index (κ2) is 8.87. The van der Waals surface area contributed by atoms with E-state index in [1.807, 2.05) is 0 Å². The van der Waals surface area contributed by atoms with Crippen LogP contribution in [0.4, 0.5) is 4.39 Å². The number of carbonyl (C=O) groups excluding carboxylic acids is 1. The topological polar surface area (TPSA) is 99.9 Å². The van der Waals surface area contributed by atoms with Crippen LogP contribution in [0.3, 0.4) is 0 Å². The van der Waals surface area contributed by atoms with Gasteiger partial charge in [-0.2, -0.15) is 4.99 Å². The molecule has 0 unspecified atom stereocenters. The van der Waals surface area contributed by atoms with E-state index >= 15 is 0 Å². The van der Waals surface area contributed by atoms with Crippen molar-refractivity contribution in [2.45, 2.75) is 6.92 Å². The summed E-state index contributed by atoms with van der Waals surface area (Å²) < 4.78 is 23.4. The van der Waals surface area contributed by atoms with Gasteiger partial charge in [-0.3, -0.25) is 0 Å². The Hall–Kier alpha value is -3.06. The number of aliphatic imine (C=N–C) groups is 1. The minimum absolute atomic E-state index is 0.0249. The number of nitrogens with two attached hydrogens (primary N) is 2. The van der Waals surface area contributed by atoms with Crippen LogP contribution < -0.4 is 16.2 Å². The molecule has 0 amide bonds. The molecule has 136 valence electrons. The Morgan fingerprint density at radius 1 is 1.19 bits per heavy atom. The highest BCUT2D eigenvalue weighted by molar-refractivity contribution is 6.31. The molecule has 0 aromatic heterocycles. The van der Waals surface area contributed by atoms with E-state index in [2.05, 4.69) is 4.99 Å². The zero-order chi connectivity index (χ0) is 19.1. The molecule has 0 fully saturated rings. The number of halogens is 2. The molecule has 0 aliphatic rings. The Balaban J connectivity index is 2.42. The van der Waals surface area contributed by atoms with Gasteiger partial charge >= 0.3 is 5.97 Å². The zero-order valence-corrected chi connectivity index (χ0v) is 14.7. The maximum absolute atomic E-state index is 13.1. The maximum atomic E-state index is 13.1. The molecule has 0 saturated carbocycles. The number of hydrogen-bond donors (Lipinski definition) is 2. The second-order valence-electron chi connectivity index (χ2n) is 5.00. The summed E-state index contributed by atoms with van der Waals surface area (Å²) in [6.07, 6.45) is 0. The van der Waals surface area contributed by atoms with Gasteiger partial charge in [0.15, 0.2) is 5.70 Å². The third-order valence-electron chi connectivity index (χ3n) is 3.10. The summed E-state index contributed by atoms with van der Waals surface area (Å²) in [6, 6.07) is 11.8. The van der Waals surface area contributed by atoms with E-state index < -0.39 is 11.8 Å². The van der Waals surface area contributed by atoms with E-state index in [-0.39, 0.29) is 29.8 Å². The highest BCUT2D eigenvalue weighted by atomic mass is 35.5. The third kappa shape index (κ3) is 5.22.